The van der Waals surface area contributed by atoms with Crippen LogP contribution in [0, 0.1) is 0 Å². The van der Waals surface area contributed by atoms with E-state index in [2.05, 4.69) is 5.32 Å². The third-order valence-corrected chi connectivity index (χ3v) is 7.17. The molecule has 0 saturated heterocycles. The van der Waals surface area contributed by atoms with Gasteiger partial charge in [0.1, 0.15) is 6.54 Å². The number of benzene rings is 3. The second-order valence-corrected chi connectivity index (χ2v) is 10.9. The first-order chi connectivity index (χ1) is 21.2. The van der Waals surface area contributed by atoms with Crippen molar-refractivity contribution in [1.82, 2.24) is 4.57 Å². The van der Waals surface area contributed by atoms with Gasteiger partial charge in [0, 0.05) is 23.4 Å². The molecule has 0 saturated carbocycles. The average Bonchev–Trinajstić information content (AvgIpc) is 3.33. The SMILES string of the molecule is CC(C)c1c(C(=O)Nc2ccccc2)c(-c2ccccc2)c(-c2ccccc2)n1CC(=O)OCC[C@H](O)C[C@H](O)CC(=O)O. The maximum Gasteiger partial charge on any atom is 0.325 e. The lowest BCUT2D eigenvalue weighted by Crippen LogP contribution is -2.23. The Balaban J connectivity index is 1.73. The Kier molecular flexibility index (Phi) is 11.1. The number of anilines is 1. The van der Waals surface area contributed by atoms with E-state index in [-0.39, 0.29) is 37.8 Å². The second kappa shape index (κ2) is 15.1. The van der Waals surface area contributed by atoms with Crippen molar-refractivity contribution in [2.24, 2.45) is 0 Å². The van der Waals surface area contributed by atoms with E-state index in [1.165, 1.54) is 0 Å². The molecule has 9 heteroatoms. The topological polar surface area (TPSA) is 138 Å². The quantitative estimate of drug-likeness (QED) is 0.136. The van der Waals surface area contributed by atoms with Gasteiger partial charge in [0.05, 0.1) is 36.5 Å². The van der Waals surface area contributed by atoms with Crippen LogP contribution in [0.4, 0.5) is 5.69 Å². The molecule has 1 aromatic heterocycles. The molecule has 3 aromatic carbocycles. The summed E-state index contributed by atoms with van der Waals surface area (Å²) in [5, 5.41) is 31.8. The third kappa shape index (κ3) is 8.21. The number of carboxylic acid groups (broad SMARTS) is 1. The molecule has 1 amide bonds. The summed E-state index contributed by atoms with van der Waals surface area (Å²) in [4.78, 5) is 38.2. The van der Waals surface area contributed by atoms with Gasteiger partial charge in [-0.1, -0.05) is 92.7 Å². The maximum absolute atomic E-state index is 14.1. The first-order valence-corrected chi connectivity index (χ1v) is 14.6. The van der Waals surface area contributed by atoms with Gasteiger partial charge in [-0.2, -0.15) is 0 Å². The van der Waals surface area contributed by atoms with E-state index in [1.54, 1.807) is 0 Å². The van der Waals surface area contributed by atoms with Crippen LogP contribution in [-0.4, -0.2) is 56.5 Å². The van der Waals surface area contributed by atoms with E-state index < -0.39 is 30.6 Å². The molecule has 2 atom stereocenters. The lowest BCUT2D eigenvalue weighted by molar-refractivity contribution is -0.145. The van der Waals surface area contributed by atoms with E-state index >= 15 is 0 Å². The number of carbonyl (C=O) groups excluding carboxylic acids is 2. The summed E-state index contributed by atoms with van der Waals surface area (Å²) in [6.07, 6.45) is -2.81. The summed E-state index contributed by atoms with van der Waals surface area (Å²) in [7, 11) is 0. The molecule has 0 aliphatic heterocycles. The molecule has 0 aliphatic rings. The molecular formula is C35H38N2O7. The Morgan fingerprint density at radius 2 is 1.39 bits per heavy atom. The highest BCUT2D eigenvalue weighted by molar-refractivity contribution is 6.12. The monoisotopic (exact) mass is 598 g/mol. The van der Waals surface area contributed by atoms with Crippen LogP contribution in [0.15, 0.2) is 91.0 Å². The molecular weight excluding hydrogens is 560 g/mol. The van der Waals surface area contributed by atoms with E-state index in [0.717, 1.165) is 11.1 Å². The lowest BCUT2D eigenvalue weighted by atomic mass is 9.94. The van der Waals surface area contributed by atoms with Crippen molar-refractivity contribution < 1.29 is 34.4 Å². The summed E-state index contributed by atoms with van der Waals surface area (Å²) in [6, 6.07) is 28.4. The smallest absolute Gasteiger partial charge is 0.325 e. The van der Waals surface area contributed by atoms with E-state index in [1.807, 2.05) is 109 Å². The molecule has 0 spiro atoms. The number of ether oxygens (including phenoxy) is 1. The van der Waals surface area contributed by atoms with Crippen molar-refractivity contribution in [1.29, 1.82) is 0 Å². The van der Waals surface area contributed by atoms with Gasteiger partial charge in [-0.25, -0.2) is 0 Å². The number of carboxylic acids is 1. The van der Waals surface area contributed by atoms with E-state index in [4.69, 9.17) is 9.84 Å². The number of hydrogen-bond acceptors (Lipinski definition) is 6. The summed E-state index contributed by atoms with van der Waals surface area (Å²) in [5.41, 5.74) is 4.82. The minimum atomic E-state index is -1.20. The zero-order chi connectivity index (χ0) is 31.6. The Morgan fingerprint density at radius 3 is 1.95 bits per heavy atom. The number of carbonyl (C=O) groups is 3. The number of hydrogen-bond donors (Lipinski definition) is 4. The summed E-state index contributed by atoms with van der Waals surface area (Å²) < 4.78 is 7.34. The van der Waals surface area contributed by atoms with Crippen LogP contribution in [0.1, 0.15) is 55.1 Å². The molecule has 9 nitrogen and oxygen atoms in total. The fraction of sp³-hybridized carbons (Fsp3) is 0.286. The number of para-hydroxylation sites is 1. The van der Waals surface area contributed by atoms with Gasteiger partial charge < -0.3 is 29.9 Å². The predicted molar refractivity (Wildman–Crippen MR) is 168 cm³/mol. The molecule has 1 heterocycles. The van der Waals surface area contributed by atoms with E-state index in [9.17, 15) is 24.6 Å². The number of nitrogens with one attached hydrogen (secondary N) is 1. The molecule has 0 bridgehead atoms. The van der Waals surface area contributed by atoms with Gasteiger partial charge >= 0.3 is 11.9 Å². The summed E-state index contributed by atoms with van der Waals surface area (Å²) in [6.45, 7) is 3.64. The van der Waals surface area contributed by atoms with Crippen molar-refractivity contribution in [3.05, 3.63) is 102 Å². The molecule has 4 rings (SSSR count). The molecule has 0 unspecified atom stereocenters. The minimum Gasteiger partial charge on any atom is -0.481 e. The molecule has 44 heavy (non-hydrogen) atoms. The van der Waals surface area contributed by atoms with Crippen LogP contribution in [0.5, 0.6) is 0 Å². The van der Waals surface area contributed by atoms with Gasteiger partial charge in [0.25, 0.3) is 5.91 Å². The lowest BCUT2D eigenvalue weighted by Gasteiger charge is -2.17. The first-order valence-electron chi connectivity index (χ1n) is 14.6. The zero-order valence-corrected chi connectivity index (χ0v) is 24.8. The first kappa shape index (κ1) is 32.2. The van der Waals surface area contributed by atoms with Crippen LogP contribution in [0.25, 0.3) is 22.4 Å². The number of aliphatic carboxylic acids is 1. The van der Waals surface area contributed by atoms with Gasteiger partial charge in [-0.15, -0.1) is 0 Å². The molecule has 0 fully saturated rings. The van der Waals surface area contributed by atoms with Crippen LogP contribution in [0.2, 0.25) is 0 Å². The number of nitrogens with zero attached hydrogens (tertiary/aromatic N) is 1. The third-order valence-electron chi connectivity index (χ3n) is 7.17. The van der Waals surface area contributed by atoms with Crippen LogP contribution < -0.4 is 5.32 Å². The van der Waals surface area contributed by atoms with E-state index in [0.29, 0.717) is 28.2 Å². The normalized spacial score (nSPS) is 12.5. The Hall–Kier alpha value is -4.73. The number of aliphatic hydroxyl groups excluding tert-OH is 2. The Morgan fingerprint density at radius 1 is 0.818 bits per heavy atom. The van der Waals surface area contributed by atoms with Crippen molar-refractivity contribution >= 4 is 23.5 Å². The highest BCUT2D eigenvalue weighted by atomic mass is 16.5. The van der Waals surface area contributed by atoms with Crippen molar-refractivity contribution in [2.75, 3.05) is 11.9 Å². The summed E-state index contributed by atoms with van der Waals surface area (Å²) in [5.74, 6) is -2.18. The molecule has 230 valence electrons. The number of esters is 1. The molecule has 0 aliphatic carbocycles. The Bertz CT molecular complexity index is 1550. The minimum absolute atomic E-state index is 0.0384. The predicted octanol–water partition coefficient (Wildman–Crippen LogP) is 5.72. The van der Waals surface area contributed by atoms with Gasteiger partial charge in [-0.3, -0.25) is 14.4 Å². The van der Waals surface area contributed by atoms with Crippen LogP contribution >= 0.6 is 0 Å². The fourth-order valence-electron chi connectivity index (χ4n) is 5.33. The van der Waals surface area contributed by atoms with Crippen LogP contribution in [-0.2, 0) is 20.9 Å². The largest absolute Gasteiger partial charge is 0.481 e. The second-order valence-electron chi connectivity index (χ2n) is 10.9. The number of aliphatic hydroxyl groups is 2. The number of amides is 1. The fourth-order valence-corrected chi connectivity index (χ4v) is 5.33. The van der Waals surface area contributed by atoms with Gasteiger partial charge in [-0.05, 0) is 35.6 Å². The highest BCUT2D eigenvalue weighted by Gasteiger charge is 2.31. The van der Waals surface area contributed by atoms with Crippen molar-refractivity contribution in [2.45, 2.75) is 57.8 Å². The highest BCUT2D eigenvalue weighted by Crippen LogP contribution is 2.42. The molecule has 0 radical (unpaired) electrons. The standard InChI is InChI=1S/C35H38N2O7/c1-23(2)33-32(35(43)36-26-16-10-5-11-17-26)31(24-12-6-3-7-13-24)34(25-14-8-4-9-15-25)37(33)22-30(42)44-19-18-27(38)20-28(39)21-29(40)41/h3-17,23,27-28,38-39H,18-22H2,1-2H3,(H,36,43)(H,40,41)/t27-,28-/m0/s1. The zero-order valence-electron chi connectivity index (χ0n) is 24.8. The van der Waals surface area contributed by atoms with Crippen LogP contribution in [0.3, 0.4) is 0 Å². The average molecular weight is 599 g/mol. The maximum atomic E-state index is 14.1. The van der Waals surface area contributed by atoms with Gasteiger partial charge in [0.2, 0.25) is 0 Å². The van der Waals surface area contributed by atoms with Crippen molar-refractivity contribution in [3.63, 3.8) is 0 Å². The number of rotatable bonds is 14. The molecule has 4 N–H and O–H groups in total. The molecule has 4 aromatic rings. The Labute approximate surface area is 256 Å². The number of aromatic nitrogens is 1. The summed E-state index contributed by atoms with van der Waals surface area (Å²) >= 11 is 0. The van der Waals surface area contributed by atoms with Crippen molar-refractivity contribution in [3.8, 4) is 22.4 Å². The van der Waals surface area contributed by atoms with Gasteiger partial charge in [0.15, 0.2) is 0 Å².